The van der Waals surface area contributed by atoms with Crippen molar-refractivity contribution in [3.63, 3.8) is 0 Å². The van der Waals surface area contributed by atoms with Gasteiger partial charge in [0.05, 0.1) is 7.11 Å². The average Bonchev–Trinajstić information content (AvgIpc) is 2.21. The molecule has 1 rings (SSSR count). The molecule has 8 nitrogen and oxygen atoms in total. The molecule has 0 saturated carbocycles. The fraction of sp³-hybridized carbons (Fsp3) is 0.143. The zero-order chi connectivity index (χ0) is 12.1. The molecule has 1 radical (unpaired) electrons. The summed E-state index contributed by atoms with van der Waals surface area (Å²) in [5, 5.41) is 0. The van der Waals surface area contributed by atoms with Crippen LogP contribution in [0.2, 0.25) is 0 Å². The second-order valence-electron chi connectivity index (χ2n) is 1.88. The zero-order valence-electron chi connectivity index (χ0n) is 8.20. The number of nitrogens with one attached hydrogen (secondary N) is 1. The van der Waals surface area contributed by atoms with Crippen molar-refractivity contribution in [1.29, 1.82) is 0 Å². The molecular weight excluding hydrogens is 262 g/mol. The molecule has 1 aromatic carbocycles. The van der Waals surface area contributed by atoms with E-state index in [-0.39, 0.29) is 17.1 Å². The summed E-state index contributed by atoms with van der Waals surface area (Å²) in [6, 6.07) is 7.11. The van der Waals surface area contributed by atoms with E-state index < -0.39 is 0 Å². The number of nitrogens with zero attached hydrogens (tertiary/aromatic N) is 6. The van der Waals surface area contributed by atoms with Crippen molar-refractivity contribution in [2.24, 2.45) is 0 Å². The van der Waals surface area contributed by atoms with E-state index in [1.165, 1.54) is 9.82 Å². The Morgan fingerprint density at radius 1 is 1.06 bits per heavy atom. The smallest absolute Gasteiger partial charge is 0.103 e. The quantitative estimate of drug-likeness (QED) is 0.320. The van der Waals surface area contributed by atoms with Crippen molar-refractivity contribution < 1.29 is 21.8 Å². The first-order chi connectivity index (χ1) is 7.17. The van der Waals surface area contributed by atoms with E-state index in [1.54, 1.807) is 19.2 Å². The van der Waals surface area contributed by atoms with Gasteiger partial charge in [0.2, 0.25) is 0 Å². The fourth-order valence-electron chi connectivity index (χ4n) is 0.645. The third kappa shape index (κ3) is 12.0. The van der Waals surface area contributed by atoms with Crippen LogP contribution in [0.4, 0.5) is 5.69 Å². The van der Waals surface area contributed by atoms with E-state index in [1.807, 2.05) is 12.1 Å². The summed E-state index contributed by atoms with van der Waals surface area (Å²) >= 11 is 0. The first-order valence-electron chi connectivity index (χ1n) is 3.49. The second-order valence-corrected chi connectivity index (χ2v) is 1.88. The first-order valence-corrected chi connectivity index (χ1v) is 3.49. The molecule has 16 heavy (non-hydrogen) atoms. The molecule has 1 aromatic rings. The number of para-hydroxylation sites is 1. The third-order valence-corrected chi connectivity index (χ3v) is 1.11. The normalized spacial score (nSPS) is 6.06. The SMILES string of the molecule is COc1ccccc1[NH-].[Cu].[N-]=[N+]=[N-].[N-]=[N+]=[N-]. The molecule has 9 heteroatoms. The maximum atomic E-state index is 7.25. The van der Waals surface area contributed by atoms with E-state index in [9.17, 15) is 0 Å². The van der Waals surface area contributed by atoms with Crippen LogP contribution < -0.4 is 4.74 Å². The summed E-state index contributed by atoms with van der Waals surface area (Å²) < 4.78 is 4.86. The van der Waals surface area contributed by atoms with Crippen LogP contribution in [0.25, 0.3) is 37.7 Å². The molecule has 0 amide bonds. The third-order valence-electron chi connectivity index (χ3n) is 1.11. The minimum Gasteiger partial charge on any atom is -0.696 e. The van der Waals surface area contributed by atoms with Gasteiger partial charge in [-0.1, -0.05) is 23.9 Å². The molecule has 0 aliphatic carbocycles. The molecular formula is C7H8CuN7O-3. The Bertz CT molecular complexity index is 332. The summed E-state index contributed by atoms with van der Waals surface area (Å²) in [5.74, 6) is 0.623. The van der Waals surface area contributed by atoms with Gasteiger partial charge in [-0.3, -0.25) is 9.82 Å². The molecule has 0 aliphatic heterocycles. The van der Waals surface area contributed by atoms with Crippen molar-refractivity contribution in [2.75, 3.05) is 7.11 Å². The Kier molecular flexibility index (Phi) is 18.8. The number of benzene rings is 1. The minimum absolute atomic E-state index is 0. The van der Waals surface area contributed by atoms with Gasteiger partial charge >= 0.3 is 0 Å². The molecule has 0 heterocycles. The predicted octanol–water partition coefficient (Wildman–Crippen LogP) is 4.11. The van der Waals surface area contributed by atoms with Gasteiger partial charge in [-0.2, -0.15) is 0 Å². The summed E-state index contributed by atoms with van der Waals surface area (Å²) in [6.07, 6.45) is 0. The molecule has 0 unspecified atom stereocenters. The molecule has 1 N–H and O–H groups in total. The molecule has 0 aromatic heterocycles. The molecule has 0 atom stereocenters. The van der Waals surface area contributed by atoms with Crippen LogP contribution >= 0.6 is 0 Å². The zero-order valence-corrected chi connectivity index (χ0v) is 9.14. The summed E-state index contributed by atoms with van der Waals surface area (Å²) in [7, 11) is 1.56. The molecule has 0 saturated heterocycles. The van der Waals surface area contributed by atoms with Crippen LogP contribution in [-0.4, -0.2) is 7.11 Å². The van der Waals surface area contributed by atoms with E-state index in [0.717, 1.165) is 0 Å². The van der Waals surface area contributed by atoms with Crippen molar-refractivity contribution >= 4 is 5.69 Å². The van der Waals surface area contributed by atoms with Crippen LogP contribution in [0.5, 0.6) is 5.75 Å². The van der Waals surface area contributed by atoms with Gasteiger partial charge in [0.25, 0.3) is 0 Å². The molecule has 0 fully saturated rings. The van der Waals surface area contributed by atoms with Crippen molar-refractivity contribution in [3.05, 3.63) is 61.9 Å². The Morgan fingerprint density at radius 3 is 1.69 bits per heavy atom. The Balaban J connectivity index is -0.000000207. The van der Waals surface area contributed by atoms with E-state index >= 15 is 0 Å². The van der Waals surface area contributed by atoms with Gasteiger partial charge in [-0.05, 0) is 6.07 Å². The Morgan fingerprint density at radius 2 is 1.44 bits per heavy atom. The summed E-state index contributed by atoms with van der Waals surface area (Å²) in [6.45, 7) is 0. The molecule has 0 spiro atoms. The van der Waals surface area contributed by atoms with Gasteiger partial charge < -0.3 is 32.6 Å². The minimum atomic E-state index is 0. The standard InChI is InChI=1S/C7H8NO.Cu.2N3/c1-9-7-5-3-2-4-6(7)8;;2*1-3-2/h2-5,8H,1H3;;;/q-1;;2*-1. The molecule has 0 bridgehead atoms. The molecule has 91 valence electrons. The summed E-state index contributed by atoms with van der Waals surface area (Å²) in [4.78, 5) is 3.00. The van der Waals surface area contributed by atoms with Crippen LogP contribution in [0.1, 0.15) is 0 Å². The van der Waals surface area contributed by atoms with E-state index in [2.05, 4.69) is 0 Å². The van der Waals surface area contributed by atoms with Crippen molar-refractivity contribution in [2.45, 2.75) is 0 Å². The molecule has 0 aliphatic rings. The number of hydrogen-bond acceptors (Lipinski definition) is 1. The Hall–Kier alpha value is -2.04. The number of rotatable bonds is 1. The number of hydrogen-bond donors (Lipinski definition) is 0. The van der Waals surface area contributed by atoms with Crippen LogP contribution in [-0.2, 0) is 17.1 Å². The van der Waals surface area contributed by atoms with E-state index in [4.69, 9.17) is 32.6 Å². The monoisotopic (exact) mass is 269 g/mol. The van der Waals surface area contributed by atoms with Gasteiger partial charge in [0.15, 0.2) is 0 Å². The number of methoxy groups -OCH3 is 1. The largest absolute Gasteiger partial charge is 0.696 e. The maximum Gasteiger partial charge on any atom is 0.103 e. The van der Waals surface area contributed by atoms with Crippen molar-refractivity contribution in [3.8, 4) is 5.75 Å². The fourth-order valence-corrected chi connectivity index (χ4v) is 0.645. The van der Waals surface area contributed by atoms with Gasteiger partial charge in [-0.15, -0.1) is 0 Å². The van der Waals surface area contributed by atoms with Gasteiger partial charge in [0.1, 0.15) is 5.75 Å². The average molecular weight is 270 g/mol. The second kappa shape index (κ2) is 15.4. The predicted molar refractivity (Wildman–Crippen MR) is 57.1 cm³/mol. The van der Waals surface area contributed by atoms with Gasteiger partial charge in [0, 0.05) is 17.1 Å². The summed E-state index contributed by atoms with van der Waals surface area (Å²) in [5.41, 5.74) is 34.7. The van der Waals surface area contributed by atoms with Gasteiger partial charge in [-0.25, -0.2) is 0 Å². The Labute approximate surface area is 103 Å². The first kappa shape index (κ1) is 19.5. The van der Waals surface area contributed by atoms with E-state index in [0.29, 0.717) is 11.4 Å². The van der Waals surface area contributed by atoms with Crippen LogP contribution in [0.15, 0.2) is 24.3 Å². The number of ether oxygens (including phenoxy) is 1. The van der Waals surface area contributed by atoms with Crippen LogP contribution in [0.3, 0.4) is 0 Å². The topological polar surface area (TPSA) is 150 Å². The van der Waals surface area contributed by atoms with Crippen molar-refractivity contribution in [1.82, 2.24) is 0 Å². The van der Waals surface area contributed by atoms with Crippen LogP contribution in [0, 0.1) is 0 Å². The maximum absolute atomic E-state index is 7.25.